The van der Waals surface area contributed by atoms with Crippen molar-refractivity contribution in [3.05, 3.63) is 72.9 Å². The molecule has 3 aliphatic rings. The van der Waals surface area contributed by atoms with Crippen molar-refractivity contribution in [1.29, 1.82) is 0 Å². The van der Waals surface area contributed by atoms with Crippen molar-refractivity contribution < 1.29 is 34.4 Å². The maximum absolute atomic E-state index is 11.4. The molecule has 34 heavy (non-hydrogen) atoms. The molecule has 0 spiro atoms. The van der Waals surface area contributed by atoms with E-state index in [1.807, 2.05) is 30.5 Å². The summed E-state index contributed by atoms with van der Waals surface area (Å²) in [6.45, 7) is 6.40. The second-order valence-electron chi connectivity index (χ2n) is 9.29. The minimum atomic E-state index is 0. The fraction of sp³-hybridized carbons (Fsp3) is 0.357. The van der Waals surface area contributed by atoms with Crippen LogP contribution in [0.1, 0.15) is 52.4 Å². The number of aliphatic hydroxyl groups excluding tert-OH is 1. The van der Waals surface area contributed by atoms with Gasteiger partial charge in [0.15, 0.2) is 5.78 Å². The summed E-state index contributed by atoms with van der Waals surface area (Å²) in [6.07, 6.45) is 9.75. The van der Waals surface area contributed by atoms with Crippen molar-refractivity contribution in [2.45, 2.75) is 58.4 Å². The summed E-state index contributed by atoms with van der Waals surface area (Å²) < 4.78 is 6.05. The molecule has 2 aliphatic carbocycles. The van der Waals surface area contributed by atoms with Crippen LogP contribution in [0.15, 0.2) is 64.5 Å². The number of ketones is 1. The van der Waals surface area contributed by atoms with E-state index in [4.69, 9.17) is 4.42 Å². The van der Waals surface area contributed by atoms with E-state index in [9.17, 15) is 9.90 Å². The molecule has 0 bridgehead atoms. The van der Waals surface area contributed by atoms with Gasteiger partial charge in [0.05, 0.1) is 5.76 Å². The number of hydrogen-bond acceptors (Lipinski definition) is 5. The number of allylic oxidation sites excluding steroid dienone is 2. The van der Waals surface area contributed by atoms with Gasteiger partial charge in [-0.25, -0.2) is 0 Å². The van der Waals surface area contributed by atoms with Gasteiger partial charge in [-0.3, -0.25) is 4.79 Å². The molecule has 6 heteroatoms. The molecule has 181 valence electrons. The molecule has 2 aromatic carbocycles. The Kier molecular flexibility index (Phi) is 7.49. The standard InChI is InChI=1S/C18H16N2O.C10H14O2.Ir/c1-13(2)19-10-11-20(12-19)16-8-5-7-15-14-6-3-4-9-17(14)21-18(15)16;11-8-5-1-3-7-4-2-6-9(12)10(7)8;/h3-7,9-13H,1-2H3;7,11H,1-6H2;/q-2;;. The summed E-state index contributed by atoms with van der Waals surface area (Å²) >= 11 is 0. The molecule has 2 heterocycles. The zero-order valence-electron chi connectivity index (χ0n) is 19.6. The predicted molar refractivity (Wildman–Crippen MR) is 131 cm³/mol. The number of hydrogen-bond donors (Lipinski definition) is 1. The number of benzene rings is 2. The second-order valence-corrected chi connectivity index (χ2v) is 9.29. The minimum Gasteiger partial charge on any atom is -0.514 e. The molecule has 1 N–H and O–H groups in total. The van der Waals surface area contributed by atoms with E-state index >= 15 is 0 Å². The quantitative estimate of drug-likeness (QED) is 0.313. The first-order valence-electron chi connectivity index (χ1n) is 11.9. The molecular formula is C28H30IrN2O3-2. The number of carbonyl (C=O) groups is 1. The topological polar surface area (TPSA) is 56.9 Å². The molecule has 1 saturated carbocycles. The van der Waals surface area contributed by atoms with Gasteiger partial charge in [0, 0.05) is 49.5 Å². The first kappa shape index (κ1) is 24.6. The molecule has 1 radical (unpaired) electrons. The number of Topliss-reactive ketones (excluding diaryl/α,β-unsaturated/α-hetero) is 1. The molecule has 0 saturated heterocycles. The average Bonchev–Trinajstić information content (AvgIpc) is 3.45. The Morgan fingerprint density at radius 1 is 1.09 bits per heavy atom. The van der Waals surface area contributed by atoms with Crippen LogP contribution in [-0.4, -0.2) is 21.8 Å². The van der Waals surface area contributed by atoms with Gasteiger partial charge in [0.1, 0.15) is 5.58 Å². The van der Waals surface area contributed by atoms with Gasteiger partial charge >= 0.3 is 0 Å². The predicted octanol–water partition coefficient (Wildman–Crippen LogP) is 6.86. The molecular weight excluding hydrogens is 605 g/mol. The van der Waals surface area contributed by atoms with Crippen LogP contribution in [0.5, 0.6) is 0 Å². The molecule has 1 unspecified atom stereocenters. The molecule has 1 aromatic heterocycles. The Morgan fingerprint density at radius 3 is 2.59 bits per heavy atom. The third-order valence-electron chi connectivity index (χ3n) is 6.77. The number of carbonyl (C=O) groups excluding carboxylic acids is 1. The SMILES string of the molecule is CC(C)N1C=CN(c2[c-]ccc3c2oc2ccccc23)[CH-]1.O=C1CCCC2CCCC(O)=C12.[Ir]. The van der Waals surface area contributed by atoms with Crippen LogP contribution in [0.4, 0.5) is 5.69 Å². The van der Waals surface area contributed by atoms with Gasteiger partial charge in [-0.2, -0.15) is 24.9 Å². The van der Waals surface area contributed by atoms with Crippen molar-refractivity contribution in [2.75, 3.05) is 4.90 Å². The maximum atomic E-state index is 11.4. The largest absolute Gasteiger partial charge is 0.514 e. The zero-order chi connectivity index (χ0) is 22.9. The average molecular weight is 635 g/mol. The Hall–Kier alpha value is -2.56. The number of furan rings is 1. The van der Waals surface area contributed by atoms with Crippen LogP contribution < -0.4 is 4.90 Å². The van der Waals surface area contributed by atoms with E-state index in [2.05, 4.69) is 54.7 Å². The number of nitrogens with zero attached hydrogens (tertiary/aromatic N) is 2. The van der Waals surface area contributed by atoms with Crippen LogP contribution in [0.3, 0.4) is 0 Å². The maximum Gasteiger partial charge on any atom is 0.162 e. The summed E-state index contributed by atoms with van der Waals surface area (Å²) in [6, 6.07) is 15.9. The van der Waals surface area contributed by atoms with Crippen molar-refractivity contribution in [1.82, 2.24) is 4.90 Å². The van der Waals surface area contributed by atoms with Gasteiger partial charge < -0.3 is 19.3 Å². The van der Waals surface area contributed by atoms with Crippen LogP contribution in [-0.2, 0) is 24.9 Å². The van der Waals surface area contributed by atoms with Crippen molar-refractivity contribution >= 4 is 33.4 Å². The summed E-state index contributed by atoms with van der Waals surface area (Å²) in [7, 11) is 0. The molecule has 3 aromatic rings. The molecule has 1 aliphatic heterocycles. The third-order valence-corrected chi connectivity index (χ3v) is 6.77. The molecule has 1 fully saturated rings. The van der Waals surface area contributed by atoms with Crippen molar-refractivity contribution in [3.63, 3.8) is 0 Å². The summed E-state index contributed by atoms with van der Waals surface area (Å²) in [5.74, 6) is 0.972. The van der Waals surface area contributed by atoms with E-state index in [1.165, 1.54) is 0 Å². The first-order valence-corrected chi connectivity index (χ1v) is 11.9. The van der Waals surface area contributed by atoms with Gasteiger partial charge in [0.25, 0.3) is 0 Å². The number of para-hydroxylation sites is 1. The number of fused-ring (bicyclic) bond motifs is 4. The Balaban J connectivity index is 0.000000180. The van der Waals surface area contributed by atoms with Gasteiger partial charge in [-0.1, -0.05) is 29.3 Å². The first-order chi connectivity index (χ1) is 16.0. The smallest absolute Gasteiger partial charge is 0.162 e. The van der Waals surface area contributed by atoms with E-state index in [-0.39, 0.29) is 25.9 Å². The minimum absolute atomic E-state index is 0. The van der Waals surface area contributed by atoms with Crippen LogP contribution >= 0.6 is 0 Å². The van der Waals surface area contributed by atoms with Crippen LogP contribution in [0, 0.1) is 18.7 Å². The normalized spacial score (nSPS) is 20.0. The van der Waals surface area contributed by atoms with Crippen molar-refractivity contribution in [2.24, 2.45) is 5.92 Å². The Morgan fingerprint density at radius 2 is 1.85 bits per heavy atom. The second kappa shape index (κ2) is 10.4. The number of aliphatic hydroxyl groups is 1. The number of rotatable bonds is 2. The summed E-state index contributed by atoms with van der Waals surface area (Å²) in [5, 5.41) is 11.8. The molecule has 6 rings (SSSR count). The van der Waals surface area contributed by atoms with Gasteiger partial charge in [-0.15, -0.1) is 0 Å². The van der Waals surface area contributed by atoms with Crippen LogP contribution in [0.25, 0.3) is 21.9 Å². The molecule has 0 amide bonds. The summed E-state index contributed by atoms with van der Waals surface area (Å²) in [4.78, 5) is 15.6. The van der Waals surface area contributed by atoms with Crippen LogP contribution in [0.2, 0.25) is 0 Å². The summed E-state index contributed by atoms with van der Waals surface area (Å²) in [5.41, 5.74) is 3.51. The van der Waals surface area contributed by atoms with E-state index in [0.717, 1.165) is 65.3 Å². The number of anilines is 1. The van der Waals surface area contributed by atoms with Gasteiger partial charge in [-0.05, 0) is 70.0 Å². The van der Waals surface area contributed by atoms with Crippen molar-refractivity contribution in [3.8, 4) is 0 Å². The Labute approximate surface area is 214 Å². The Bertz CT molecular complexity index is 1240. The molecule has 5 nitrogen and oxygen atoms in total. The third kappa shape index (κ3) is 4.67. The van der Waals surface area contributed by atoms with E-state index < -0.39 is 0 Å². The fourth-order valence-electron chi connectivity index (χ4n) is 5.03. The monoisotopic (exact) mass is 635 g/mol. The zero-order valence-corrected chi connectivity index (χ0v) is 22.0. The fourth-order valence-corrected chi connectivity index (χ4v) is 5.03. The van der Waals surface area contributed by atoms with E-state index in [1.54, 1.807) is 0 Å². The molecule has 1 atom stereocenters. The van der Waals surface area contributed by atoms with Gasteiger partial charge in [0.2, 0.25) is 0 Å². The van der Waals surface area contributed by atoms with E-state index in [0.29, 0.717) is 24.1 Å².